The summed E-state index contributed by atoms with van der Waals surface area (Å²) in [6, 6.07) is 0. The molecule has 2 N–H and O–H groups in total. The first kappa shape index (κ1) is 9.14. The maximum Gasteiger partial charge on any atom is 0.405 e. The maximum atomic E-state index is 9.80. The van der Waals surface area contributed by atoms with E-state index >= 15 is 0 Å². The third kappa shape index (κ3) is 4.63. The SMILES string of the molecule is O=C(O)NC(Cl)C(Cl)Cl. The maximum absolute atomic E-state index is 9.80. The van der Waals surface area contributed by atoms with Crippen molar-refractivity contribution in [2.24, 2.45) is 0 Å². The lowest BCUT2D eigenvalue weighted by Crippen LogP contribution is -2.33. The van der Waals surface area contributed by atoms with E-state index in [1.807, 2.05) is 5.32 Å². The van der Waals surface area contributed by atoms with Crippen molar-refractivity contribution in [2.45, 2.75) is 10.3 Å². The molecule has 0 saturated heterocycles. The minimum atomic E-state index is -1.25. The van der Waals surface area contributed by atoms with Crippen molar-refractivity contribution >= 4 is 40.9 Å². The first-order valence-corrected chi connectivity index (χ1v) is 3.26. The quantitative estimate of drug-likeness (QED) is 0.516. The molecule has 0 aromatic heterocycles. The summed E-state index contributed by atoms with van der Waals surface area (Å²) in [5, 5.41) is 9.88. The van der Waals surface area contributed by atoms with Crippen molar-refractivity contribution in [3.63, 3.8) is 0 Å². The fourth-order valence-corrected chi connectivity index (χ4v) is 0.400. The molecule has 3 nitrogen and oxygen atoms in total. The second kappa shape index (κ2) is 4.04. The van der Waals surface area contributed by atoms with Gasteiger partial charge in [0.15, 0.2) is 0 Å². The number of hydrogen-bond donors (Lipinski definition) is 2. The Labute approximate surface area is 66.9 Å². The molecule has 1 atom stereocenters. The van der Waals surface area contributed by atoms with Gasteiger partial charge < -0.3 is 10.4 Å². The van der Waals surface area contributed by atoms with Crippen LogP contribution in [-0.2, 0) is 0 Å². The van der Waals surface area contributed by atoms with Gasteiger partial charge in [0.2, 0.25) is 0 Å². The summed E-state index contributed by atoms with van der Waals surface area (Å²) >= 11 is 15.6. The van der Waals surface area contributed by atoms with Crippen LogP contribution >= 0.6 is 34.8 Å². The van der Waals surface area contributed by atoms with E-state index in [2.05, 4.69) is 0 Å². The largest absolute Gasteiger partial charge is 0.465 e. The predicted octanol–water partition coefficient (Wildman–Crippen LogP) is 1.62. The van der Waals surface area contributed by atoms with Gasteiger partial charge in [0.05, 0.1) is 0 Å². The van der Waals surface area contributed by atoms with Crippen LogP contribution in [0.15, 0.2) is 0 Å². The molecule has 0 aliphatic heterocycles. The summed E-state index contributed by atoms with van der Waals surface area (Å²) in [7, 11) is 0. The highest BCUT2D eigenvalue weighted by molar-refractivity contribution is 6.48. The van der Waals surface area contributed by atoms with Gasteiger partial charge in [-0.3, -0.25) is 0 Å². The minimum absolute atomic E-state index is 0.928. The molecular weight excluding hydrogens is 188 g/mol. The molecule has 0 heterocycles. The van der Waals surface area contributed by atoms with Crippen LogP contribution in [0.1, 0.15) is 0 Å². The van der Waals surface area contributed by atoms with Gasteiger partial charge in [0.1, 0.15) is 10.3 Å². The first-order valence-electron chi connectivity index (χ1n) is 1.95. The molecule has 0 aliphatic rings. The fraction of sp³-hybridized carbons (Fsp3) is 0.667. The molecule has 0 fully saturated rings. The fourth-order valence-electron chi connectivity index (χ4n) is 0.181. The third-order valence-corrected chi connectivity index (χ3v) is 1.61. The molecule has 54 valence electrons. The molecule has 0 aromatic rings. The summed E-state index contributed by atoms with van der Waals surface area (Å²) < 4.78 is 0. The lowest BCUT2D eigenvalue weighted by atomic mass is 10.7. The van der Waals surface area contributed by atoms with E-state index in [9.17, 15) is 4.79 Å². The van der Waals surface area contributed by atoms with Gasteiger partial charge >= 0.3 is 6.09 Å². The van der Waals surface area contributed by atoms with E-state index in [-0.39, 0.29) is 0 Å². The molecular formula is C3H4Cl3NO2. The second-order valence-electron chi connectivity index (χ2n) is 1.19. The number of halogens is 3. The summed E-state index contributed by atoms with van der Waals surface area (Å²) in [6.45, 7) is 0. The number of alkyl halides is 3. The molecule has 0 aromatic carbocycles. The second-order valence-corrected chi connectivity index (χ2v) is 2.82. The van der Waals surface area contributed by atoms with E-state index in [4.69, 9.17) is 39.9 Å². The predicted molar refractivity (Wildman–Crippen MR) is 36.3 cm³/mol. The van der Waals surface area contributed by atoms with E-state index in [1.54, 1.807) is 0 Å². The van der Waals surface area contributed by atoms with Crippen molar-refractivity contribution < 1.29 is 9.90 Å². The molecule has 6 heteroatoms. The van der Waals surface area contributed by atoms with Crippen molar-refractivity contribution in [2.75, 3.05) is 0 Å². The normalized spacial score (nSPS) is 13.3. The monoisotopic (exact) mass is 191 g/mol. The van der Waals surface area contributed by atoms with Gasteiger partial charge in [-0.15, -0.1) is 23.2 Å². The zero-order valence-electron chi connectivity index (χ0n) is 4.14. The van der Waals surface area contributed by atoms with Crippen LogP contribution < -0.4 is 5.32 Å². The average molecular weight is 192 g/mol. The van der Waals surface area contributed by atoms with Gasteiger partial charge in [-0.05, 0) is 0 Å². The average Bonchev–Trinajstić information content (AvgIpc) is 1.63. The number of rotatable bonds is 2. The molecule has 0 radical (unpaired) electrons. The molecule has 1 unspecified atom stereocenters. The van der Waals surface area contributed by atoms with Gasteiger partial charge in [0.25, 0.3) is 0 Å². The van der Waals surface area contributed by atoms with Gasteiger partial charge in [-0.2, -0.15) is 0 Å². The highest BCUT2D eigenvalue weighted by Gasteiger charge is 2.14. The highest BCUT2D eigenvalue weighted by atomic mass is 35.5. The van der Waals surface area contributed by atoms with E-state index < -0.39 is 16.4 Å². The Morgan fingerprint density at radius 2 is 1.89 bits per heavy atom. The van der Waals surface area contributed by atoms with Crippen LogP contribution in [-0.4, -0.2) is 21.5 Å². The van der Waals surface area contributed by atoms with Crippen molar-refractivity contribution in [3.8, 4) is 0 Å². The number of hydrogen-bond acceptors (Lipinski definition) is 1. The topological polar surface area (TPSA) is 49.3 Å². The van der Waals surface area contributed by atoms with E-state index in [0.717, 1.165) is 0 Å². The lowest BCUT2D eigenvalue weighted by molar-refractivity contribution is 0.193. The number of carbonyl (C=O) groups is 1. The van der Waals surface area contributed by atoms with Crippen LogP contribution in [0.25, 0.3) is 0 Å². The molecule has 0 saturated carbocycles. The Hall–Kier alpha value is 0.140. The summed E-state index contributed by atoms with van der Waals surface area (Å²) in [5.41, 5.74) is -0.953. The Balaban J connectivity index is 3.50. The number of nitrogens with one attached hydrogen (secondary N) is 1. The first-order chi connectivity index (χ1) is 4.04. The van der Waals surface area contributed by atoms with Crippen molar-refractivity contribution in [1.29, 1.82) is 0 Å². The third-order valence-electron chi connectivity index (χ3n) is 0.483. The number of carboxylic acid groups (broad SMARTS) is 1. The van der Waals surface area contributed by atoms with Crippen LogP contribution in [0.5, 0.6) is 0 Å². The number of amides is 1. The minimum Gasteiger partial charge on any atom is -0.465 e. The highest BCUT2D eigenvalue weighted by Crippen LogP contribution is 2.10. The standard InChI is InChI=1S/C3H4Cl3NO2/c4-1(5)2(6)7-3(8)9/h1-2,7H,(H,8,9). The van der Waals surface area contributed by atoms with Crippen molar-refractivity contribution in [1.82, 2.24) is 5.32 Å². The molecule has 1 amide bonds. The molecule has 0 aliphatic carbocycles. The Bertz CT molecular complexity index is 107. The van der Waals surface area contributed by atoms with Crippen LogP contribution in [0.3, 0.4) is 0 Å². The molecule has 0 bridgehead atoms. The van der Waals surface area contributed by atoms with Gasteiger partial charge in [0, 0.05) is 0 Å². The van der Waals surface area contributed by atoms with Crippen molar-refractivity contribution in [3.05, 3.63) is 0 Å². The summed E-state index contributed by atoms with van der Waals surface area (Å²) in [4.78, 5) is 8.87. The van der Waals surface area contributed by atoms with Gasteiger partial charge in [-0.25, -0.2) is 4.79 Å². The molecule has 0 spiro atoms. The Morgan fingerprint density at radius 3 is 2.00 bits per heavy atom. The Morgan fingerprint density at radius 1 is 1.44 bits per heavy atom. The Kier molecular flexibility index (Phi) is 4.10. The molecule has 0 rings (SSSR count). The lowest BCUT2D eigenvalue weighted by Gasteiger charge is -2.07. The van der Waals surface area contributed by atoms with Crippen LogP contribution in [0, 0.1) is 0 Å². The molecule has 9 heavy (non-hydrogen) atoms. The smallest absolute Gasteiger partial charge is 0.405 e. The zero-order chi connectivity index (χ0) is 7.44. The van der Waals surface area contributed by atoms with E-state index in [1.165, 1.54) is 0 Å². The summed E-state index contributed by atoms with van der Waals surface area (Å²) in [5.74, 6) is 0. The van der Waals surface area contributed by atoms with Crippen LogP contribution in [0.4, 0.5) is 4.79 Å². The van der Waals surface area contributed by atoms with Gasteiger partial charge in [-0.1, -0.05) is 11.6 Å². The zero-order valence-corrected chi connectivity index (χ0v) is 6.41. The summed E-state index contributed by atoms with van der Waals surface area (Å²) in [6.07, 6.45) is -1.25. The van der Waals surface area contributed by atoms with Crippen LogP contribution in [0.2, 0.25) is 0 Å². The van der Waals surface area contributed by atoms with E-state index in [0.29, 0.717) is 0 Å².